The van der Waals surface area contributed by atoms with E-state index in [0.717, 1.165) is 11.1 Å². The molecule has 8 heteroatoms. The van der Waals surface area contributed by atoms with Gasteiger partial charge in [0.1, 0.15) is 5.75 Å². The molecule has 1 aliphatic rings. The van der Waals surface area contributed by atoms with E-state index < -0.39 is 10.0 Å². The zero-order valence-electron chi connectivity index (χ0n) is 16.8. The summed E-state index contributed by atoms with van der Waals surface area (Å²) >= 11 is 6.03. The number of methoxy groups -OCH3 is 1. The summed E-state index contributed by atoms with van der Waals surface area (Å²) in [6.07, 6.45) is 0.609. The van der Waals surface area contributed by atoms with Crippen LogP contribution in [0.1, 0.15) is 21.5 Å². The summed E-state index contributed by atoms with van der Waals surface area (Å²) in [5.41, 5.74) is 2.82. The lowest BCUT2D eigenvalue weighted by atomic mass is 10.0. The van der Waals surface area contributed by atoms with Crippen LogP contribution in [0.15, 0.2) is 71.6 Å². The highest BCUT2D eigenvalue weighted by Crippen LogP contribution is 2.28. The van der Waals surface area contributed by atoms with Gasteiger partial charge >= 0.3 is 0 Å². The first kappa shape index (κ1) is 21.4. The Hall–Kier alpha value is -2.87. The van der Waals surface area contributed by atoms with Crippen LogP contribution >= 0.6 is 11.6 Å². The molecule has 1 amide bonds. The van der Waals surface area contributed by atoms with Gasteiger partial charge < -0.3 is 10.1 Å². The van der Waals surface area contributed by atoms with E-state index in [1.807, 2.05) is 18.2 Å². The largest absolute Gasteiger partial charge is 0.496 e. The maximum atomic E-state index is 13.0. The van der Waals surface area contributed by atoms with Crippen molar-refractivity contribution < 1.29 is 17.9 Å². The van der Waals surface area contributed by atoms with E-state index in [2.05, 4.69) is 5.32 Å². The van der Waals surface area contributed by atoms with E-state index in [1.165, 1.54) is 11.4 Å². The van der Waals surface area contributed by atoms with Crippen molar-refractivity contribution in [2.45, 2.75) is 17.9 Å². The number of ether oxygens (including phenoxy) is 1. The minimum Gasteiger partial charge on any atom is -0.496 e. The van der Waals surface area contributed by atoms with Crippen molar-refractivity contribution in [3.8, 4) is 5.75 Å². The predicted molar refractivity (Wildman–Crippen MR) is 120 cm³/mol. The summed E-state index contributed by atoms with van der Waals surface area (Å²) in [4.78, 5) is 13.0. The first-order valence-electron chi connectivity index (χ1n) is 9.70. The SMILES string of the molecule is COc1ccc(Cl)cc1C(=O)Nc1ccc2c(c1)CN(S(=O)(=O)c1ccccc1)CC2. The van der Waals surface area contributed by atoms with Gasteiger partial charge in [0, 0.05) is 23.8 Å². The zero-order chi connectivity index (χ0) is 22.0. The first-order valence-corrected chi connectivity index (χ1v) is 11.5. The number of rotatable bonds is 5. The molecule has 4 rings (SSSR count). The van der Waals surface area contributed by atoms with Gasteiger partial charge in [-0.25, -0.2) is 8.42 Å². The fourth-order valence-corrected chi connectivity index (χ4v) is 5.22. The lowest BCUT2D eigenvalue weighted by Gasteiger charge is -2.28. The van der Waals surface area contributed by atoms with Gasteiger partial charge in [0.25, 0.3) is 5.91 Å². The number of carbonyl (C=O) groups is 1. The van der Waals surface area contributed by atoms with Gasteiger partial charge in [-0.2, -0.15) is 4.31 Å². The highest BCUT2D eigenvalue weighted by Gasteiger charge is 2.28. The van der Waals surface area contributed by atoms with Crippen molar-refractivity contribution in [3.63, 3.8) is 0 Å². The standard InChI is InChI=1S/C23H21ClN2O4S/c1-30-22-10-8-18(24)14-21(22)23(27)25-19-9-7-16-11-12-26(15-17(16)13-19)31(28,29)20-5-3-2-4-6-20/h2-10,13-14H,11-12,15H2,1H3,(H,25,27). The van der Waals surface area contributed by atoms with E-state index in [9.17, 15) is 13.2 Å². The number of hydrogen-bond acceptors (Lipinski definition) is 4. The molecule has 0 atom stereocenters. The quantitative estimate of drug-likeness (QED) is 0.619. The van der Waals surface area contributed by atoms with Crippen LogP contribution in [-0.4, -0.2) is 32.3 Å². The Morgan fingerprint density at radius 1 is 1.03 bits per heavy atom. The van der Waals surface area contributed by atoms with Gasteiger partial charge in [0.05, 0.1) is 17.6 Å². The number of carbonyl (C=O) groups excluding carboxylic acids is 1. The molecule has 0 aromatic heterocycles. The number of amides is 1. The molecule has 3 aromatic carbocycles. The number of nitrogens with one attached hydrogen (secondary N) is 1. The molecule has 0 bridgehead atoms. The molecule has 0 radical (unpaired) electrons. The summed E-state index contributed by atoms with van der Waals surface area (Å²) in [5.74, 6) is 0.0591. The van der Waals surface area contributed by atoms with E-state index in [1.54, 1.807) is 48.5 Å². The summed E-state index contributed by atoms with van der Waals surface area (Å²) in [6, 6.07) is 18.8. The van der Waals surface area contributed by atoms with Crippen molar-refractivity contribution in [2.75, 3.05) is 19.0 Å². The molecule has 6 nitrogen and oxygen atoms in total. The monoisotopic (exact) mass is 456 g/mol. The third-order valence-corrected chi connectivity index (χ3v) is 7.32. The van der Waals surface area contributed by atoms with E-state index in [0.29, 0.717) is 35.0 Å². The summed E-state index contributed by atoms with van der Waals surface area (Å²) in [7, 11) is -2.10. The van der Waals surface area contributed by atoms with Crippen LogP contribution in [0.2, 0.25) is 5.02 Å². The topological polar surface area (TPSA) is 75.7 Å². The van der Waals surface area contributed by atoms with Crippen LogP contribution < -0.4 is 10.1 Å². The lowest BCUT2D eigenvalue weighted by molar-refractivity contribution is 0.102. The van der Waals surface area contributed by atoms with Crippen molar-refractivity contribution in [1.82, 2.24) is 4.31 Å². The smallest absolute Gasteiger partial charge is 0.259 e. The highest BCUT2D eigenvalue weighted by atomic mass is 35.5. The average molecular weight is 457 g/mol. The number of hydrogen-bond donors (Lipinski definition) is 1. The predicted octanol–water partition coefficient (Wildman–Crippen LogP) is 4.35. The summed E-state index contributed by atoms with van der Waals surface area (Å²) < 4.78 is 32.7. The normalized spacial score (nSPS) is 14.0. The Kier molecular flexibility index (Phi) is 6.00. The van der Waals surface area contributed by atoms with Crippen LogP contribution in [0.4, 0.5) is 5.69 Å². The molecule has 3 aromatic rings. The molecule has 0 spiro atoms. The number of halogens is 1. The Bertz CT molecular complexity index is 1230. The molecule has 0 fully saturated rings. The van der Waals surface area contributed by atoms with Crippen molar-refractivity contribution in [3.05, 3.63) is 88.4 Å². The molecule has 0 unspecified atom stereocenters. The van der Waals surface area contributed by atoms with Gasteiger partial charge in [-0.05, 0) is 60.0 Å². The number of nitrogens with zero attached hydrogens (tertiary/aromatic N) is 1. The molecule has 31 heavy (non-hydrogen) atoms. The van der Waals surface area contributed by atoms with Gasteiger partial charge in [-0.15, -0.1) is 0 Å². The molecule has 1 N–H and O–H groups in total. The highest BCUT2D eigenvalue weighted by molar-refractivity contribution is 7.89. The van der Waals surface area contributed by atoms with Crippen molar-refractivity contribution in [1.29, 1.82) is 0 Å². The lowest BCUT2D eigenvalue weighted by Crippen LogP contribution is -2.36. The molecular formula is C23H21ClN2O4S. The molecular weight excluding hydrogens is 436 g/mol. The Balaban J connectivity index is 1.57. The van der Waals surface area contributed by atoms with E-state index in [4.69, 9.17) is 16.3 Å². The Morgan fingerprint density at radius 2 is 1.81 bits per heavy atom. The van der Waals surface area contributed by atoms with Crippen molar-refractivity contribution in [2.24, 2.45) is 0 Å². The second-order valence-electron chi connectivity index (χ2n) is 7.18. The summed E-state index contributed by atoms with van der Waals surface area (Å²) in [6.45, 7) is 0.659. The van der Waals surface area contributed by atoms with Gasteiger partial charge in [0.2, 0.25) is 10.0 Å². The van der Waals surface area contributed by atoms with E-state index in [-0.39, 0.29) is 17.3 Å². The third-order valence-electron chi connectivity index (χ3n) is 5.23. The van der Waals surface area contributed by atoms with Gasteiger partial charge in [-0.3, -0.25) is 4.79 Å². The maximum absolute atomic E-state index is 13.0. The second kappa shape index (κ2) is 8.70. The molecule has 1 heterocycles. The minimum absolute atomic E-state index is 0.247. The average Bonchev–Trinajstić information content (AvgIpc) is 2.79. The van der Waals surface area contributed by atoms with E-state index >= 15 is 0 Å². The number of fused-ring (bicyclic) bond motifs is 1. The van der Waals surface area contributed by atoms with Crippen LogP contribution in [0, 0.1) is 0 Å². The van der Waals surface area contributed by atoms with Crippen LogP contribution in [0.3, 0.4) is 0 Å². The first-order chi connectivity index (χ1) is 14.9. The summed E-state index contributed by atoms with van der Waals surface area (Å²) in [5, 5.41) is 3.28. The Morgan fingerprint density at radius 3 is 2.55 bits per heavy atom. The fraction of sp³-hybridized carbons (Fsp3) is 0.174. The second-order valence-corrected chi connectivity index (χ2v) is 9.56. The number of anilines is 1. The minimum atomic E-state index is -3.58. The molecule has 1 aliphatic heterocycles. The van der Waals surface area contributed by atoms with Crippen molar-refractivity contribution >= 4 is 33.2 Å². The van der Waals surface area contributed by atoms with Gasteiger partial charge in [0.15, 0.2) is 0 Å². The number of sulfonamides is 1. The molecule has 160 valence electrons. The van der Waals surface area contributed by atoms with Gasteiger partial charge in [-0.1, -0.05) is 35.9 Å². The number of benzene rings is 3. The molecule has 0 saturated carbocycles. The van der Waals surface area contributed by atoms with Crippen LogP contribution in [0.25, 0.3) is 0 Å². The molecule has 0 saturated heterocycles. The Labute approximate surface area is 186 Å². The zero-order valence-corrected chi connectivity index (χ0v) is 18.4. The fourth-order valence-electron chi connectivity index (χ4n) is 3.61. The maximum Gasteiger partial charge on any atom is 0.259 e. The van der Waals surface area contributed by atoms with Crippen LogP contribution in [0.5, 0.6) is 5.75 Å². The third kappa shape index (κ3) is 4.44. The van der Waals surface area contributed by atoms with Crippen LogP contribution in [-0.2, 0) is 23.0 Å². The molecule has 0 aliphatic carbocycles.